The Morgan fingerprint density at radius 1 is 0.500 bits per heavy atom. The van der Waals surface area contributed by atoms with E-state index >= 15 is 0 Å². The lowest BCUT2D eigenvalue weighted by Crippen LogP contribution is -2.03. The third-order valence-electron chi connectivity index (χ3n) is 3.97. The second-order valence-electron chi connectivity index (χ2n) is 5.76. The normalized spacial score (nSPS) is 9.93. The van der Waals surface area contributed by atoms with E-state index in [0.29, 0.717) is 45.6 Å². The Morgan fingerprint density at radius 2 is 0.833 bits per heavy atom. The molecule has 0 radical (unpaired) electrons. The first kappa shape index (κ1) is 23.0. The van der Waals surface area contributed by atoms with E-state index in [9.17, 15) is 0 Å². The van der Waals surface area contributed by atoms with Crippen LogP contribution in [0, 0.1) is 11.8 Å². The smallest absolute Gasteiger partial charge is 0.188 e. The van der Waals surface area contributed by atoms with Gasteiger partial charge in [-0.3, -0.25) is 0 Å². The summed E-state index contributed by atoms with van der Waals surface area (Å²) >= 11 is 0. The molecule has 162 valence electrons. The van der Waals surface area contributed by atoms with Gasteiger partial charge in [0.1, 0.15) is 11.5 Å². The molecule has 0 aliphatic carbocycles. The van der Waals surface area contributed by atoms with Crippen LogP contribution in [-0.4, -0.2) is 56.2 Å². The molecular weight excluding hydrogens is 392 g/mol. The predicted molar refractivity (Wildman–Crippen MR) is 110 cm³/mol. The van der Waals surface area contributed by atoms with Gasteiger partial charge in [0, 0.05) is 38.5 Å². The average molecular weight is 418 g/mol. The minimum absolute atomic E-state index is 0.0583. The maximum atomic E-state index is 5.64. The van der Waals surface area contributed by atoms with E-state index in [1.165, 1.54) is 14.2 Å². The van der Waals surface area contributed by atoms with Crippen molar-refractivity contribution < 1.29 is 37.9 Å². The van der Waals surface area contributed by atoms with Crippen LogP contribution in [0.1, 0.15) is 11.1 Å². The van der Waals surface area contributed by atoms with Crippen molar-refractivity contribution in [1.82, 2.24) is 0 Å². The highest BCUT2D eigenvalue weighted by Crippen LogP contribution is 2.36. The summed E-state index contributed by atoms with van der Waals surface area (Å²) in [4.78, 5) is 0. The summed E-state index contributed by atoms with van der Waals surface area (Å²) in [6.07, 6.45) is 0. The number of ether oxygens (including phenoxy) is 8. The van der Waals surface area contributed by atoms with Crippen LogP contribution in [0.3, 0.4) is 0 Å². The molecule has 0 saturated heterocycles. The molecule has 2 aromatic carbocycles. The van der Waals surface area contributed by atoms with Crippen LogP contribution >= 0.6 is 0 Å². The molecular formula is C22H26O8. The zero-order valence-electron chi connectivity index (χ0n) is 18.0. The number of hydrogen-bond donors (Lipinski definition) is 0. The van der Waals surface area contributed by atoms with Crippen molar-refractivity contribution in [2.45, 2.75) is 0 Å². The third kappa shape index (κ3) is 5.63. The van der Waals surface area contributed by atoms with Gasteiger partial charge in [-0.2, -0.15) is 0 Å². The molecule has 0 aromatic heterocycles. The zero-order valence-corrected chi connectivity index (χ0v) is 18.0. The number of rotatable bonds is 10. The van der Waals surface area contributed by atoms with Crippen LogP contribution in [0.4, 0.5) is 0 Å². The van der Waals surface area contributed by atoms with Crippen LogP contribution in [-0.2, 0) is 9.47 Å². The molecule has 0 unspecified atom stereocenters. The van der Waals surface area contributed by atoms with Crippen LogP contribution in [0.5, 0.6) is 34.5 Å². The molecule has 30 heavy (non-hydrogen) atoms. The van der Waals surface area contributed by atoms with Gasteiger partial charge < -0.3 is 37.9 Å². The quantitative estimate of drug-likeness (QED) is 0.431. The van der Waals surface area contributed by atoms with E-state index < -0.39 is 0 Å². The second-order valence-corrected chi connectivity index (χ2v) is 5.76. The average Bonchev–Trinajstić information content (AvgIpc) is 2.79. The molecule has 0 N–H and O–H groups in total. The number of hydrogen-bond acceptors (Lipinski definition) is 8. The van der Waals surface area contributed by atoms with Gasteiger partial charge in [0.05, 0.1) is 39.6 Å². The van der Waals surface area contributed by atoms with Crippen LogP contribution in [0.25, 0.3) is 0 Å². The molecule has 8 nitrogen and oxygen atoms in total. The zero-order chi connectivity index (χ0) is 21.9. The highest BCUT2D eigenvalue weighted by molar-refractivity contribution is 5.61. The fraction of sp³-hybridized carbons (Fsp3) is 0.364. The van der Waals surface area contributed by atoms with Crippen molar-refractivity contribution in [2.24, 2.45) is 0 Å². The van der Waals surface area contributed by atoms with Crippen molar-refractivity contribution >= 4 is 0 Å². The van der Waals surface area contributed by atoms with Gasteiger partial charge in [-0.1, -0.05) is 11.8 Å². The fourth-order valence-corrected chi connectivity index (χ4v) is 2.53. The highest BCUT2D eigenvalue weighted by atomic mass is 16.7. The van der Waals surface area contributed by atoms with Gasteiger partial charge in [-0.05, 0) is 0 Å². The van der Waals surface area contributed by atoms with E-state index in [2.05, 4.69) is 11.8 Å². The molecule has 0 saturated carbocycles. The molecule has 0 atom stereocenters. The maximum absolute atomic E-state index is 5.64. The van der Waals surface area contributed by atoms with E-state index in [-0.39, 0.29) is 13.6 Å². The van der Waals surface area contributed by atoms with Crippen molar-refractivity contribution in [3.63, 3.8) is 0 Å². The lowest BCUT2D eigenvalue weighted by atomic mass is 10.1. The molecule has 0 amide bonds. The molecule has 0 spiro atoms. The topological polar surface area (TPSA) is 73.8 Å². The number of benzene rings is 2. The number of methoxy groups -OCH3 is 6. The molecule has 0 fully saturated rings. The standard InChI is InChI=1S/C22H26O8/c1-23-13-29-17-11-21(27-5)19(25-3)9-15(17)7-8-16-10-20(26-4)22(28-6)12-18(16)30-14-24-2/h9-12H,13-14H2,1-6H3. The summed E-state index contributed by atoms with van der Waals surface area (Å²) in [6.45, 7) is 0.117. The summed E-state index contributed by atoms with van der Waals surface area (Å²) in [5.41, 5.74) is 1.16. The first-order chi connectivity index (χ1) is 14.6. The monoisotopic (exact) mass is 418 g/mol. The Kier molecular flexibility index (Phi) is 8.94. The van der Waals surface area contributed by atoms with E-state index in [0.717, 1.165) is 0 Å². The molecule has 2 aromatic rings. The Hall–Kier alpha value is -3.28. The maximum Gasteiger partial charge on any atom is 0.188 e. The Balaban J connectivity index is 2.55. The van der Waals surface area contributed by atoms with Crippen LogP contribution in [0.15, 0.2) is 24.3 Å². The van der Waals surface area contributed by atoms with E-state index in [1.807, 2.05) is 0 Å². The molecule has 2 rings (SSSR count). The van der Waals surface area contributed by atoms with Crippen molar-refractivity contribution in [3.05, 3.63) is 35.4 Å². The SMILES string of the molecule is COCOc1cc(OC)c(OC)cc1C#Cc1cc(OC)c(OC)cc1OCOC. The predicted octanol–water partition coefficient (Wildman–Crippen LogP) is 3.09. The lowest BCUT2D eigenvalue weighted by Gasteiger charge is -2.13. The summed E-state index contributed by atoms with van der Waals surface area (Å²) < 4.78 is 42.7. The summed E-state index contributed by atoms with van der Waals surface area (Å²) in [5, 5.41) is 0. The lowest BCUT2D eigenvalue weighted by molar-refractivity contribution is 0.0505. The second kappa shape index (κ2) is 11.7. The summed E-state index contributed by atoms with van der Waals surface area (Å²) in [6, 6.07) is 6.85. The Labute approximate surface area is 176 Å². The first-order valence-electron chi connectivity index (χ1n) is 8.89. The van der Waals surface area contributed by atoms with Gasteiger partial charge in [0.2, 0.25) is 0 Å². The molecule has 0 bridgehead atoms. The van der Waals surface area contributed by atoms with Crippen LogP contribution < -0.4 is 28.4 Å². The minimum atomic E-state index is 0.0583. The molecule has 0 heterocycles. The van der Waals surface area contributed by atoms with Gasteiger partial charge in [-0.25, -0.2) is 0 Å². The van der Waals surface area contributed by atoms with E-state index in [1.54, 1.807) is 52.7 Å². The van der Waals surface area contributed by atoms with Gasteiger partial charge in [0.15, 0.2) is 36.6 Å². The first-order valence-corrected chi connectivity index (χ1v) is 8.89. The minimum Gasteiger partial charge on any atom is -0.493 e. The molecule has 0 aliphatic heterocycles. The van der Waals surface area contributed by atoms with E-state index in [4.69, 9.17) is 37.9 Å². The van der Waals surface area contributed by atoms with Gasteiger partial charge in [0.25, 0.3) is 0 Å². The Bertz CT molecular complexity index is 827. The summed E-state index contributed by atoms with van der Waals surface area (Å²) in [5.74, 6) is 9.23. The van der Waals surface area contributed by atoms with Gasteiger partial charge in [-0.15, -0.1) is 0 Å². The van der Waals surface area contributed by atoms with Crippen molar-refractivity contribution in [3.8, 4) is 46.3 Å². The fourth-order valence-electron chi connectivity index (χ4n) is 2.53. The molecule has 0 aliphatic rings. The van der Waals surface area contributed by atoms with Crippen molar-refractivity contribution in [1.29, 1.82) is 0 Å². The third-order valence-corrected chi connectivity index (χ3v) is 3.97. The molecule has 8 heteroatoms. The largest absolute Gasteiger partial charge is 0.493 e. The van der Waals surface area contributed by atoms with Crippen LogP contribution in [0.2, 0.25) is 0 Å². The van der Waals surface area contributed by atoms with Gasteiger partial charge >= 0.3 is 0 Å². The highest BCUT2D eigenvalue weighted by Gasteiger charge is 2.13. The van der Waals surface area contributed by atoms with Crippen molar-refractivity contribution in [2.75, 3.05) is 56.2 Å². The summed E-state index contributed by atoms with van der Waals surface area (Å²) in [7, 11) is 9.27. The Morgan fingerprint density at radius 3 is 1.13 bits per heavy atom.